The molecule has 0 saturated carbocycles. The summed E-state index contributed by atoms with van der Waals surface area (Å²) in [7, 11) is 0. The number of esters is 1. The monoisotopic (exact) mass is 396 g/mol. The lowest BCUT2D eigenvalue weighted by Gasteiger charge is -2.24. The van der Waals surface area contributed by atoms with Gasteiger partial charge >= 0.3 is 5.97 Å². The standard InChI is InChI=1S/C25H36N2O2/c1-4-7-17-27(18-8-5-2)24-13-11-22(12-14-24)9-10-23-15-19-26(20-16-23)21-25(28)29-6-3/h9-16,19H,4-8,17-18,20-21H2,1-3H3/b10-9+. The van der Waals surface area contributed by atoms with Gasteiger partial charge in [-0.2, -0.15) is 0 Å². The van der Waals surface area contributed by atoms with E-state index in [-0.39, 0.29) is 5.97 Å². The van der Waals surface area contributed by atoms with Crippen LogP contribution >= 0.6 is 0 Å². The quantitative estimate of drug-likeness (QED) is 0.441. The van der Waals surface area contributed by atoms with E-state index in [1.807, 2.05) is 24.1 Å². The smallest absolute Gasteiger partial charge is 0.325 e. The van der Waals surface area contributed by atoms with Crippen molar-refractivity contribution in [3.8, 4) is 0 Å². The van der Waals surface area contributed by atoms with Crippen LogP contribution in [0.5, 0.6) is 0 Å². The molecule has 4 nitrogen and oxygen atoms in total. The molecule has 29 heavy (non-hydrogen) atoms. The molecule has 0 aromatic heterocycles. The molecule has 0 aliphatic carbocycles. The summed E-state index contributed by atoms with van der Waals surface area (Å²) >= 11 is 0. The molecule has 0 amide bonds. The third-order valence-corrected chi connectivity index (χ3v) is 4.97. The molecule has 1 aliphatic rings. The fraction of sp³-hybridized carbons (Fsp3) is 0.480. The van der Waals surface area contributed by atoms with Gasteiger partial charge in [-0.05, 0) is 49.1 Å². The first-order valence-corrected chi connectivity index (χ1v) is 11.0. The number of unbranched alkanes of at least 4 members (excludes halogenated alkanes) is 2. The zero-order valence-electron chi connectivity index (χ0n) is 18.3. The molecule has 1 aromatic rings. The van der Waals surface area contributed by atoms with E-state index in [1.165, 1.54) is 36.9 Å². The first-order valence-electron chi connectivity index (χ1n) is 11.0. The normalized spacial score (nSPS) is 13.6. The first kappa shape index (κ1) is 22.8. The van der Waals surface area contributed by atoms with Crippen LogP contribution in [0.4, 0.5) is 5.69 Å². The summed E-state index contributed by atoms with van der Waals surface area (Å²) in [6.45, 7) is 10.0. The largest absolute Gasteiger partial charge is 0.465 e. The van der Waals surface area contributed by atoms with Gasteiger partial charge in [-0.3, -0.25) is 4.79 Å². The summed E-state index contributed by atoms with van der Waals surface area (Å²) in [5.74, 6) is -0.184. The van der Waals surface area contributed by atoms with E-state index < -0.39 is 0 Å². The first-order chi connectivity index (χ1) is 14.2. The van der Waals surface area contributed by atoms with Gasteiger partial charge in [0, 0.05) is 31.5 Å². The summed E-state index contributed by atoms with van der Waals surface area (Å²) in [5, 5.41) is 0. The van der Waals surface area contributed by atoms with Crippen LogP contribution in [-0.4, -0.2) is 43.7 Å². The Bertz CT molecular complexity index is 696. The van der Waals surface area contributed by atoms with Crippen LogP contribution in [0.3, 0.4) is 0 Å². The van der Waals surface area contributed by atoms with E-state index in [0.717, 1.165) is 25.2 Å². The fourth-order valence-corrected chi connectivity index (χ4v) is 3.21. The van der Waals surface area contributed by atoms with E-state index in [0.29, 0.717) is 13.2 Å². The summed E-state index contributed by atoms with van der Waals surface area (Å²) in [6, 6.07) is 8.85. The molecule has 0 atom stereocenters. The van der Waals surface area contributed by atoms with Crippen molar-refractivity contribution >= 4 is 17.7 Å². The molecule has 0 radical (unpaired) electrons. The molecule has 0 spiro atoms. The van der Waals surface area contributed by atoms with Crippen molar-refractivity contribution in [3.05, 3.63) is 59.8 Å². The molecule has 0 fully saturated rings. The lowest BCUT2D eigenvalue weighted by molar-refractivity contribution is -0.143. The van der Waals surface area contributed by atoms with Crippen LogP contribution < -0.4 is 4.90 Å². The number of benzene rings is 1. The third-order valence-electron chi connectivity index (χ3n) is 4.97. The predicted octanol–water partition coefficient (Wildman–Crippen LogP) is 5.43. The Labute approximate surface area is 176 Å². The number of nitrogens with zero attached hydrogens (tertiary/aromatic N) is 2. The fourth-order valence-electron chi connectivity index (χ4n) is 3.21. The Morgan fingerprint density at radius 2 is 1.76 bits per heavy atom. The zero-order chi connectivity index (χ0) is 20.9. The number of allylic oxidation sites excluding steroid dienone is 3. The van der Waals surface area contributed by atoms with Crippen molar-refractivity contribution in [2.45, 2.75) is 46.5 Å². The topological polar surface area (TPSA) is 32.8 Å². The van der Waals surface area contributed by atoms with E-state index in [9.17, 15) is 4.79 Å². The molecule has 2 rings (SSSR count). The Morgan fingerprint density at radius 1 is 1.07 bits per heavy atom. The second kappa shape index (κ2) is 12.9. The molecule has 1 aromatic carbocycles. The minimum atomic E-state index is -0.184. The van der Waals surface area contributed by atoms with E-state index in [1.54, 1.807) is 0 Å². The molecule has 158 valence electrons. The number of hydrogen-bond donors (Lipinski definition) is 0. The highest BCUT2D eigenvalue weighted by Crippen LogP contribution is 2.19. The predicted molar refractivity (Wildman–Crippen MR) is 123 cm³/mol. The van der Waals surface area contributed by atoms with Crippen LogP contribution in [0.25, 0.3) is 6.08 Å². The number of rotatable bonds is 12. The maximum atomic E-state index is 11.6. The zero-order valence-corrected chi connectivity index (χ0v) is 18.3. The number of carbonyl (C=O) groups excluding carboxylic acids is 1. The second-order valence-corrected chi connectivity index (χ2v) is 7.37. The van der Waals surface area contributed by atoms with E-state index in [4.69, 9.17) is 4.74 Å². The number of anilines is 1. The minimum absolute atomic E-state index is 0.184. The highest BCUT2D eigenvalue weighted by Gasteiger charge is 2.09. The Morgan fingerprint density at radius 3 is 2.31 bits per heavy atom. The van der Waals surface area contributed by atoms with Crippen LogP contribution in [-0.2, 0) is 9.53 Å². The maximum absolute atomic E-state index is 11.6. The van der Waals surface area contributed by atoms with Gasteiger partial charge in [0.1, 0.15) is 6.54 Å². The molecule has 0 bridgehead atoms. The van der Waals surface area contributed by atoms with Gasteiger partial charge in [-0.15, -0.1) is 0 Å². The minimum Gasteiger partial charge on any atom is -0.465 e. The molecular formula is C25H36N2O2. The Kier molecular flexibility index (Phi) is 10.1. The molecule has 0 saturated heterocycles. The van der Waals surface area contributed by atoms with Gasteiger partial charge < -0.3 is 14.5 Å². The van der Waals surface area contributed by atoms with Crippen molar-refractivity contribution in [3.63, 3.8) is 0 Å². The second-order valence-electron chi connectivity index (χ2n) is 7.37. The summed E-state index contributed by atoms with van der Waals surface area (Å²) < 4.78 is 4.99. The number of carbonyl (C=O) groups is 1. The highest BCUT2D eigenvalue weighted by atomic mass is 16.5. The van der Waals surface area contributed by atoms with Gasteiger partial charge in [0.15, 0.2) is 0 Å². The summed E-state index contributed by atoms with van der Waals surface area (Å²) in [4.78, 5) is 16.0. The molecule has 1 heterocycles. The van der Waals surface area contributed by atoms with Crippen LogP contribution in [0.1, 0.15) is 52.0 Å². The highest BCUT2D eigenvalue weighted by molar-refractivity contribution is 5.72. The average molecular weight is 397 g/mol. The van der Waals surface area contributed by atoms with E-state index >= 15 is 0 Å². The van der Waals surface area contributed by atoms with Crippen LogP contribution in [0, 0.1) is 0 Å². The average Bonchev–Trinajstić information content (AvgIpc) is 2.74. The summed E-state index contributed by atoms with van der Waals surface area (Å²) in [6.07, 6.45) is 15.3. The lowest BCUT2D eigenvalue weighted by atomic mass is 10.1. The lowest BCUT2D eigenvalue weighted by Crippen LogP contribution is -2.28. The Balaban J connectivity index is 1.90. The molecule has 1 aliphatic heterocycles. The van der Waals surface area contributed by atoms with E-state index in [2.05, 4.69) is 61.2 Å². The van der Waals surface area contributed by atoms with Gasteiger partial charge in [0.25, 0.3) is 0 Å². The van der Waals surface area contributed by atoms with Gasteiger partial charge in [-0.25, -0.2) is 0 Å². The number of hydrogen-bond acceptors (Lipinski definition) is 4. The van der Waals surface area contributed by atoms with Crippen molar-refractivity contribution in [1.29, 1.82) is 0 Å². The van der Waals surface area contributed by atoms with Gasteiger partial charge in [0.05, 0.1) is 6.61 Å². The Hall–Kier alpha value is -2.49. The van der Waals surface area contributed by atoms with Gasteiger partial charge in [0.2, 0.25) is 0 Å². The van der Waals surface area contributed by atoms with Crippen LogP contribution in [0.2, 0.25) is 0 Å². The van der Waals surface area contributed by atoms with Crippen molar-refractivity contribution < 1.29 is 9.53 Å². The van der Waals surface area contributed by atoms with Gasteiger partial charge in [-0.1, -0.05) is 57.0 Å². The van der Waals surface area contributed by atoms with Crippen molar-refractivity contribution in [2.75, 3.05) is 37.7 Å². The summed E-state index contributed by atoms with van der Waals surface area (Å²) in [5.41, 5.74) is 3.67. The number of ether oxygens (including phenoxy) is 1. The SMILES string of the molecule is CCCCN(CCCC)c1ccc(/C=C/C2=CCN(CC(=O)OCC)C=C2)cc1. The van der Waals surface area contributed by atoms with Crippen molar-refractivity contribution in [2.24, 2.45) is 0 Å². The molecular weight excluding hydrogens is 360 g/mol. The molecule has 4 heteroatoms. The molecule has 0 N–H and O–H groups in total. The molecule has 0 unspecified atom stereocenters. The maximum Gasteiger partial charge on any atom is 0.325 e. The van der Waals surface area contributed by atoms with Crippen LogP contribution in [0.15, 0.2) is 54.3 Å². The van der Waals surface area contributed by atoms with Crippen molar-refractivity contribution in [1.82, 2.24) is 4.90 Å². The third kappa shape index (κ3) is 8.18.